The topological polar surface area (TPSA) is 62.9 Å². The first-order valence-electron chi connectivity index (χ1n) is 9.76. The molecule has 0 fully saturated rings. The van der Waals surface area contributed by atoms with Gasteiger partial charge in [-0.05, 0) is 78.9 Å². The van der Waals surface area contributed by atoms with E-state index in [1.807, 2.05) is 39.0 Å². The Labute approximate surface area is 177 Å². The van der Waals surface area contributed by atoms with E-state index in [1.54, 1.807) is 43.5 Å². The Bertz CT molecular complexity index is 1080. The number of phenolic OH excluding ortho intramolecular Hbond substituents is 1. The Hall–Kier alpha value is -3.47. The Balaban J connectivity index is 1.85. The average Bonchev–Trinajstić information content (AvgIpc) is 3.22. The van der Waals surface area contributed by atoms with E-state index in [-0.39, 0.29) is 18.3 Å². The van der Waals surface area contributed by atoms with E-state index in [4.69, 9.17) is 9.15 Å². The summed E-state index contributed by atoms with van der Waals surface area (Å²) in [5.41, 5.74) is 5.72. The van der Waals surface area contributed by atoms with Crippen LogP contribution in [0.25, 0.3) is 17.2 Å². The van der Waals surface area contributed by atoms with Gasteiger partial charge < -0.3 is 19.2 Å². The summed E-state index contributed by atoms with van der Waals surface area (Å²) in [7, 11) is 3.49. The zero-order valence-corrected chi connectivity index (χ0v) is 18.0. The molecule has 0 saturated heterocycles. The highest BCUT2D eigenvalue weighted by Crippen LogP contribution is 2.34. The molecule has 0 bridgehead atoms. The zero-order valence-electron chi connectivity index (χ0n) is 18.0. The summed E-state index contributed by atoms with van der Waals surface area (Å²) in [6.07, 6.45) is 3.50. The summed E-state index contributed by atoms with van der Waals surface area (Å²) in [6, 6.07) is 13.1. The number of rotatable bonds is 6. The van der Waals surface area contributed by atoms with Gasteiger partial charge in [0.2, 0.25) is 5.91 Å². The lowest BCUT2D eigenvalue weighted by Gasteiger charge is -2.14. The highest BCUT2D eigenvalue weighted by atomic mass is 16.5. The summed E-state index contributed by atoms with van der Waals surface area (Å²) in [4.78, 5) is 13.7. The number of benzene rings is 2. The van der Waals surface area contributed by atoms with E-state index in [9.17, 15) is 9.90 Å². The monoisotopic (exact) mass is 405 g/mol. The first kappa shape index (κ1) is 21.2. The SMILES string of the molecule is CC(=Cc1cc(C)c(-c2ccc(OCc3ccco3)c(O)c2)cc1C)C(=O)N(C)C. The van der Waals surface area contributed by atoms with Crippen molar-refractivity contribution in [2.24, 2.45) is 0 Å². The van der Waals surface area contributed by atoms with E-state index in [1.165, 1.54) is 0 Å². The number of carbonyl (C=O) groups is 1. The molecule has 0 aliphatic rings. The van der Waals surface area contributed by atoms with Crippen molar-refractivity contribution < 1.29 is 19.1 Å². The van der Waals surface area contributed by atoms with Crippen LogP contribution in [0.1, 0.15) is 29.4 Å². The number of hydrogen-bond acceptors (Lipinski definition) is 4. The minimum atomic E-state index is -0.00816. The number of likely N-dealkylation sites (N-methyl/N-ethyl adjacent to an activating group) is 1. The fourth-order valence-electron chi connectivity index (χ4n) is 3.30. The molecule has 0 radical (unpaired) electrons. The van der Waals surface area contributed by atoms with Gasteiger partial charge in [0.1, 0.15) is 12.4 Å². The van der Waals surface area contributed by atoms with Gasteiger partial charge in [0.15, 0.2) is 11.5 Å². The fraction of sp³-hybridized carbons (Fsp3) is 0.240. The second kappa shape index (κ2) is 8.91. The third-order valence-electron chi connectivity index (χ3n) is 4.95. The van der Waals surface area contributed by atoms with Crippen LogP contribution in [0.5, 0.6) is 11.5 Å². The number of aryl methyl sites for hydroxylation is 2. The molecule has 0 spiro atoms. The van der Waals surface area contributed by atoms with Crippen LogP contribution in [0.2, 0.25) is 0 Å². The van der Waals surface area contributed by atoms with Crippen molar-refractivity contribution in [3.8, 4) is 22.6 Å². The standard InChI is InChI=1S/C25H27NO4/c1-16-13-22(17(2)11-20(16)12-18(3)25(28)26(4)5)19-8-9-24(23(27)14-19)30-15-21-7-6-10-29-21/h6-14,27H,15H2,1-5H3. The van der Waals surface area contributed by atoms with E-state index in [0.29, 0.717) is 17.1 Å². The molecule has 3 rings (SSSR count). The minimum Gasteiger partial charge on any atom is -0.504 e. The summed E-state index contributed by atoms with van der Waals surface area (Å²) in [5, 5.41) is 10.4. The van der Waals surface area contributed by atoms with Gasteiger partial charge in [0, 0.05) is 19.7 Å². The Kier molecular flexibility index (Phi) is 6.31. The van der Waals surface area contributed by atoms with E-state index < -0.39 is 0 Å². The Morgan fingerprint density at radius 3 is 2.53 bits per heavy atom. The molecule has 0 aliphatic heterocycles. The summed E-state index contributed by atoms with van der Waals surface area (Å²) in [6.45, 7) is 6.12. The number of ether oxygens (including phenoxy) is 1. The molecule has 30 heavy (non-hydrogen) atoms. The summed E-state index contributed by atoms with van der Waals surface area (Å²) < 4.78 is 10.9. The first-order chi connectivity index (χ1) is 14.3. The maximum Gasteiger partial charge on any atom is 0.248 e. The highest BCUT2D eigenvalue weighted by Gasteiger charge is 2.12. The van der Waals surface area contributed by atoms with Gasteiger partial charge in [-0.1, -0.05) is 18.2 Å². The van der Waals surface area contributed by atoms with E-state index in [2.05, 4.69) is 12.1 Å². The van der Waals surface area contributed by atoms with Crippen LogP contribution < -0.4 is 4.74 Å². The van der Waals surface area contributed by atoms with Gasteiger partial charge in [-0.15, -0.1) is 0 Å². The molecule has 1 N–H and O–H groups in total. The second-order valence-electron chi connectivity index (χ2n) is 7.60. The fourth-order valence-corrected chi connectivity index (χ4v) is 3.30. The van der Waals surface area contributed by atoms with Crippen LogP contribution in [0, 0.1) is 13.8 Å². The third-order valence-corrected chi connectivity index (χ3v) is 4.95. The number of amides is 1. The average molecular weight is 405 g/mol. The maximum atomic E-state index is 12.1. The third kappa shape index (κ3) is 4.74. The number of carbonyl (C=O) groups excluding carboxylic acids is 1. The first-order valence-corrected chi connectivity index (χ1v) is 9.76. The van der Waals surface area contributed by atoms with Crippen LogP contribution in [0.4, 0.5) is 0 Å². The van der Waals surface area contributed by atoms with Crippen molar-refractivity contribution in [2.45, 2.75) is 27.4 Å². The van der Waals surface area contributed by atoms with Crippen LogP contribution in [-0.2, 0) is 11.4 Å². The van der Waals surface area contributed by atoms with Gasteiger partial charge in [-0.3, -0.25) is 4.79 Å². The quantitative estimate of drug-likeness (QED) is 0.562. The number of furan rings is 1. The van der Waals surface area contributed by atoms with Crippen molar-refractivity contribution in [2.75, 3.05) is 14.1 Å². The van der Waals surface area contributed by atoms with Crippen molar-refractivity contribution in [1.82, 2.24) is 4.90 Å². The molecule has 1 aromatic heterocycles. The van der Waals surface area contributed by atoms with Crippen molar-refractivity contribution >= 4 is 12.0 Å². The molecule has 3 aromatic rings. The number of aromatic hydroxyl groups is 1. The molecule has 1 amide bonds. The van der Waals surface area contributed by atoms with Gasteiger partial charge in [0.05, 0.1) is 6.26 Å². The predicted octanol–water partition coefficient (Wildman–Crippen LogP) is 5.34. The Morgan fingerprint density at radius 2 is 1.90 bits per heavy atom. The van der Waals surface area contributed by atoms with Crippen LogP contribution >= 0.6 is 0 Å². The Morgan fingerprint density at radius 1 is 1.13 bits per heavy atom. The minimum absolute atomic E-state index is 0.00816. The molecule has 156 valence electrons. The van der Waals surface area contributed by atoms with Crippen molar-refractivity contribution in [3.05, 3.63) is 76.8 Å². The van der Waals surface area contributed by atoms with Gasteiger partial charge in [0.25, 0.3) is 0 Å². The molecular formula is C25H27NO4. The molecule has 0 aliphatic carbocycles. The number of phenols is 1. The normalized spacial score (nSPS) is 11.4. The lowest BCUT2D eigenvalue weighted by Crippen LogP contribution is -2.22. The number of nitrogens with zero attached hydrogens (tertiary/aromatic N) is 1. The van der Waals surface area contributed by atoms with Gasteiger partial charge >= 0.3 is 0 Å². The molecule has 2 aromatic carbocycles. The van der Waals surface area contributed by atoms with Crippen molar-refractivity contribution in [1.29, 1.82) is 0 Å². The summed E-state index contributed by atoms with van der Waals surface area (Å²) >= 11 is 0. The van der Waals surface area contributed by atoms with Crippen LogP contribution in [0.15, 0.2) is 58.7 Å². The molecule has 5 nitrogen and oxygen atoms in total. The zero-order chi connectivity index (χ0) is 21.8. The van der Waals surface area contributed by atoms with E-state index >= 15 is 0 Å². The smallest absolute Gasteiger partial charge is 0.248 e. The summed E-state index contributed by atoms with van der Waals surface area (Å²) in [5.74, 6) is 1.16. The van der Waals surface area contributed by atoms with E-state index in [0.717, 1.165) is 27.8 Å². The predicted molar refractivity (Wildman–Crippen MR) is 118 cm³/mol. The van der Waals surface area contributed by atoms with Crippen molar-refractivity contribution in [3.63, 3.8) is 0 Å². The number of hydrogen-bond donors (Lipinski definition) is 1. The van der Waals surface area contributed by atoms with Gasteiger partial charge in [-0.25, -0.2) is 0 Å². The molecule has 0 atom stereocenters. The lowest BCUT2D eigenvalue weighted by atomic mass is 9.94. The highest BCUT2D eigenvalue weighted by molar-refractivity contribution is 5.97. The molecule has 0 unspecified atom stereocenters. The second-order valence-corrected chi connectivity index (χ2v) is 7.60. The maximum absolute atomic E-state index is 12.1. The van der Waals surface area contributed by atoms with Crippen LogP contribution in [0.3, 0.4) is 0 Å². The lowest BCUT2D eigenvalue weighted by molar-refractivity contribution is -0.124. The molecule has 1 heterocycles. The molecule has 0 saturated carbocycles. The van der Waals surface area contributed by atoms with Gasteiger partial charge in [-0.2, -0.15) is 0 Å². The molecule has 5 heteroatoms. The molecular weight excluding hydrogens is 378 g/mol. The largest absolute Gasteiger partial charge is 0.504 e. The van der Waals surface area contributed by atoms with Crippen LogP contribution in [-0.4, -0.2) is 30.0 Å².